The molecule has 0 aliphatic carbocycles. The molecule has 0 heterocycles. The van der Waals surface area contributed by atoms with E-state index in [9.17, 15) is 0 Å². The van der Waals surface area contributed by atoms with Gasteiger partial charge in [0, 0.05) is 0 Å². The van der Waals surface area contributed by atoms with Gasteiger partial charge in [-0.15, -0.1) is 0 Å². The number of benzene rings is 2. The Hall–Kier alpha value is -2.34. The second-order valence-electron chi connectivity index (χ2n) is 4.81. The highest BCUT2D eigenvalue weighted by Gasteiger charge is 2.01. The van der Waals surface area contributed by atoms with E-state index >= 15 is 0 Å². The number of allylic oxidation sites excluding steroid dienone is 5. The summed E-state index contributed by atoms with van der Waals surface area (Å²) in [6.07, 6.45) is 8.02. The molecule has 0 saturated heterocycles. The van der Waals surface area contributed by atoms with Crippen molar-refractivity contribution < 1.29 is 0 Å². The monoisotopic (exact) mass is 260 g/mol. The minimum absolute atomic E-state index is 1.18. The summed E-state index contributed by atoms with van der Waals surface area (Å²) in [5.74, 6) is 0. The minimum atomic E-state index is 1.18. The molecule has 0 aromatic heterocycles. The molecule has 0 N–H and O–H groups in total. The zero-order valence-electron chi connectivity index (χ0n) is 12.1. The molecule has 0 spiro atoms. The van der Waals surface area contributed by atoms with Crippen LogP contribution in [0.3, 0.4) is 0 Å². The van der Waals surface area contributed by atoms with E-state index in [1.165, 1.54) is 27.8 Å². The van der Waals surface area contributed by atoms with Crippen LogP contribution >= 0.6 is 0 Å². The first-order valence-corrected chi connectivity index (χ1v) is 6.87. The third kappa shape index (κ3) is 3.36. The van der Waals surface area contributed by atoms with Crippen LogP contribution in [0.1, 0.15) is 18.1 Å². The Morgan fingerprint density at radius 3 is 2.35 bits per heavy atom. The summed E-state index contributed by atoms with van der Waals surface area (Å²) in [5.41, 5.74) is 6.16. The van der Waals surface area contributed by atoms with Crippen molar-refractivity contribution in [2.24, 2.45) is 0 Å². The summed E-state index contributed by atoms with van der Waals surface area (Å²) in [6, 6.07) is 17.2. The van der Waals surface area contributed by atoms with Crippen molar-refractivity contribution in [3.63, 3.8) is 0 Å². The smallest absolute Gasteiger partial charge is 0.0178 e. The van der Waals surface area contributed by atoms with Crippen LogP contribution in [0.25, 0.3) is 16.7 Å². The fourth-order valence-electron chi connectivity index (χ4n) is 2.26. The average molecular weight is 260 g/mol. The van der Waals surface area contributed by atoms with E-state index in [-0.39, 0.29) is 0 Å². The van der Waals surface area contributed by atoms with Gasteiger partial charge in [0.1, 0.15) is 0 Å². The molecule has 0 aliphatic rings. The zero-order valence-corrected chi connectivity index (χ0v) is 12.1. The predicted octanol–water partition coefficient (Wildman–Crippen LogP) is 5.81. The van der Waals surface area contributed by atoms with Gasteiger partial charge in [-0.05, 0) is 42.2 Å². The number of rotatable bonds is 4. The highest BCUT2D eigenvalue weighted by Crippen LogP contribution is 2.25. The lowest BCUT2D eigenvalue weighted by Gasteiger charge is -2.07. The maximum Gasteiger partial charge on any atom is -0.0178 e. The maximum atomic E-state index is 3.79. The normalized spacial score (nSPS) is 11.8. The Bertz CT molecular complexity index is 657. The predicted molar refractivity (Wildman–Crippen MR) is 89.6 cm³/mol. The van der Waals surface area contributed by atoms with Crippen LogP contribution in [0, 0.1) is 6.92 Å². The summed E-state index contributed by atoms with van der Waals surface area (Å²) < 4.78 is 0. The molecule has 0 nitrogen and oxygen atoms in total. The van der Waals surface area contributed by atoms with Gasteiger partial charge in [0.05, 0.1) is 0 Å². The standard InChI is InChI=1S/C20H20/c1-4-8-17(9-5-2)19-12-7-13-20(15-19)18-11-6-10-16(3)14-18/h4-15H,1H2,2-3H3. The Kier molecular flexibility index (Phi) is 4.73. The molecule has 0 radical (unpaired) electrons. The Morgan fingerprint density at radius 2 is 1.70 bits per heavy atom. The number of hydrogen-bond acceptors (Lipinski definition) is 0. The molecule has 0 bridgehead atoms. The van der Waals surface area contributed by atoms with Crippen molar-refractivity contribution in [3.05, 3.63) is 90.5 Å². The first kappa shape index (κ1) is 14.1. The maximum absolute atomic E-state index is 3.79. The lowest BCUT2D eigenvalue weighted by atomic mass is 9.98. The minimum Gasteiger partial charge on any atom is -0.0990 e. The van der Waals surface area contributed by atoms with E-state index in [1.807, 2.05) is 19.1 Å². The highest BCUT2D eigenvalue weighted by molar-refractivity contribution is 5.78. The van der Waals surface area contributed by atoms with E-state index in [1.54, 1.807) is 0 Å². The first-order chi connectivity index (χ1) is 9.74. The van der Waals surface area contributed by atoms with Crippen LogP contribution in [0.15, 0.2) is 79.4 Å². The molecule has 0 aliphatic heterocycles. The second kappa shape index (κ2) is 6.72. The molecular formula is C20H20. The van der Waals surface area contributed by atoms with Crippen LogP contribution in [-0.2, 0) is 0 Å². The Labute approximate surface area is 121 Å². The van der Waals surface area contributed by atoms with E-state index in [4.69, 9.17) is 0 Å². The van der Waals surface area contributed by atoms with Crippen LogP contribution in [0.4, 0.5) is 0 Å². The van der Waals surface area contributed by atoms with Crippen LogP contribution < -0.4 is 0 Å². The third-order valence-corrected chi connectivity index (χ3v) is 3.19. The summed E-state index contributed by atoms with van der Waals surface area (Å²) in [5, 5.41) is 0. The SMILES string of the molecule is C=CC=C(C=CC)c1cccc(-c2cccc(C)c2)c1. The van der Waals surface area contributed by atoms with Crippen molar-refractivity contribution in [1.29, 1.82) is 0 Å². The third-order valence-electron chi connectivity index (χ3n) is 3.19. The molecule has 0 atom stereocenters. The molecule has 20 heavy (non-hydrogen) atoms. The van der Waals surface area contributed by atoms with Gasteiger partial charge in [0.2, 0.25) is 0 Å². The Balaban J connectivity index is 2.47. The molecule has 2 rings (SSSR count). The van der Waals surface area contributed by atoms with Gasteiger partial charge in [-0.1, -0.05) is 78.9 Å². The topological polar surface area (TPSA) is 0 Å². The summed E-state index contributed by atoms with van der Waals surface area (Å²) >= 11 is 0. The molecule has 0 unspecified atom stereocenters. The van der Waals surface area contributed by atoms with Gasteiger partial charge < -0.3 is 0 Å². The van der Waals surface area contributed by atoms with Crippen LogP contribution in [0.2, 0.25) is 0 Å². The van der Waals surface area contributed by atoms with E-state index < -0.39 is 0 Å². The first-order valence-electron chi connectivity index (χ1n) is 6.87. The van der Waals surface area contributed by atoms with Gasteiger partial charge in [-0.2, -0.15) is 0 Å². The van der Waals surface area contributed by atoms with Crippen LogP contribution in [-0.4, -0.2) is 0 Å². The Morgan fingerprint density at radius 1 is 1.00 bits per heavy atom. The molecule has 2 aromatic carbocycles. The van der Waals surface area contributed by atoms with Crippen LogP contribution in [0.5, 0.6) is 0 Å². The largest absolute Gasteiger partial charge is 0.0990 e. The molecule has 0 saturated carbocycles. The van der Waals surface area contributed by atoms with Crippen molar-refractivity contribution in [2.75, 3.05) is 0 Å². The van der Waals surface area contributed by atoms with E-state index in [0.29, 0.717) is 0 Å². The average Bonchev–Trinajstić information content (AvgIpc) is 2.47. The second-order valence-corrected chi connectivity index (χ2v) is 4.81. The number of hydrogen-bond donors (Lipinski definition) is 0. The van der Waals surface area contributed by atoms with Crippen molar-refractivity contribution in [2.45, 2.75) is 13.8 Å². The molecule has 2 aromatic rings. The zero-order chi connectivity index (χ0) is 14.4. The molecule has 0 amide bonds. The summed E-state index contributed by atoms with van der Waals surface area (Å²) in [7, 11) is 0. The lowest BCUT2D eigenvalue weighted by Crippen LogP contribution is -1.84. The number of aryl methyl sites for hydroxylation is 1. The summed E-state index contributed by atoms with van der Waals surface area (Å²) in [4.78, 5) is 0. The van der Waals surface area contributed by atoms with E-state index in [0.717, 1.165) is 0 Å². The highest BCUT2D eigenvalue weighted by atomic mass is 14.1. The molecule has 0 fully saturated rings. The van der Waals surface area contributed by atoms with Crippen molar-refractivity contribution >= 4 is 5.57 Å². The van der Waals surface area contributed by atoms with Gasteiger partial charge in [0.25, 0.3) is 0 Å². The molecule has 0 heteroatoms. The van der Waals surface area contributed by atoms with Crippen molar-refractivity contribution in [1.82, 2.24) is 0 Å². The fraction of sp³-hybridized carbons (Fsp3) is 0.100. The van der Waals surface area contributed by atoms with Gasteiger partial charge in [-0.3, -0.25) is 0 Å². The molecular weight excluding hydrogens is 240 g/mol. The van der Waals surface area contributed by atoms with Crippen molar-refractivity contribution in [3.8, 4) is 11.1 Å². The quantitative estimate of drug-likeness (QED) is 0.609. The molecule has 100 valence electrons. The van der Waals surface area contributed by atoms with E-state index in [2.05, 4.69) is 74.2 Å². The van der Waals surface area contributed by atoms with Gasteiger partial charge in [0.15, 0.2) is 0 Å². The van der Waals surface area contributed by atoms with Gasteiger partial charge in [-0.25, -0.2) is 0 Å². The summed E-state index contributed by atoms with van der Waals surface area (Å²) in [6.45, 7) is 7.94. The van der Waals surface area contributed by atoms with Gasteiger partial charge >= 0.3 is 0 Å². The lowest BCUT2D eigenvalue weighted by molar-refractivity contribution is 1.46. The fourth-order valence-corrected chi connectivity index (χ4v) is 2.26.